The Balaban J connectivity index is 2.35. The predicted molar refractivity (Wildman–Crippen MR) is 80.9 cm³/mol. The first kappa shape index (κ1) is 14.1. The van der Waals surface area contributed by atoms with Crippen LogP contribution in [0.5, 0.6) is 0 Å². The summed E-state index contributed by atoms with van der Waals surface area (Å²) in [5, 5.41) is 3.37. The van der Waals surface area contributed by atoms with Crippen LogP contribution in [-0.4, -0.2) is 29.6 Å². The lowest BCUT2D eigenvalue weighted by Crippen LogP contribution is -2.35. The molecule has 2 rings (SSSR count). The van der Waals surface area contributed by atoms with E-state index in [2.05, 4.69) is 47.9 Å². The number of aromatic nitrogens is 2. The highest BCUT2D eigenvalue weighted by Crippen LogP contribution is 2.32. The maximum atomic E-state index is 4.58. The zero-order valence-corrected chi connectivity index (χ0v) is 12.6. The van der Waals surface area contributed by atoms with Gasteiger partial charge >= 0.3 is 0 Å². The van der Waals surface area contributed by atoms with Gasteiger partial charge < -0.3 is 10.2 Å². The minimum Gasteiger partial charge on any atom is -0.370 e. The molecule has 1 aromatic heterocycles. The van der Waals surface area contributed by atoms with E-state index in [9.17, 15) is 0 Å². The van der Waals surface area contributed by atoms with Crippen molar-refractivity contribution in [3.8, 4) is 0 Å². The standard InChI is InChI=1S/C15H26N4/c1-5-16-14-13(11(2)3)15(18-10-17-14)19-8-6-7-12(4)9-19/h10-12H,5-9H2,1-4H3,(H,16,17,18). The van der Waals surface area contributed by atoms with Gasteiger partial charge in [-0.25, -0.2) is 9.97 Å². The number of hydrogen-bond acceptors (Lipinski definition) is 4. The van der Waals surface area contributed by atoms with Crippen LogP contribution in [0.15, 0.2) is 6.33 Å². The van der Waals surface area contributed by atoms with Crippen LogP contribution in [0.1, 0.15) is 52.0 Å². The number of piperidine rings is 1. The van der Waals surface area contributed by atoms with E-state index in [0.29, 0.717) is 5.92 Å². The molecule has 2 heterocycles. The molecule has 106 valence electrons. The molecule has 1 aromatic rings. The molecule has 1 aliphatic rings. The number of nitrogens with zero attached hydrogens (tertiary/aromatic N) is 3. The first-order valence-corrected chi connectivity index (χ1v) is 7.47. The molecule has 0 amide bonds. The Morgan fingerprint density at radius 3 is 2.84 bits per heavy atom. The number of hydrogen-bond donors (Lipinski definition) is 1. The summed E-state index contributed by atoms with van der Waals surface area (Å²) in [4.78, 5) is 11.4. The molecule has 1 atom stereocenters. The third kappa shape index (κ3) is 3.17. The molecular formula is C15H26N4. The lowest BCUT2D eigenvalue weighted by molar-refractivity contribution is 0.443. The summed E-state index contributed by atoms with van der Waals surface area (Å²) >= 11 is 0. The van der Waals surface area contributed by atoms with Gasteiger partial charge in [0.15, 0.2) is 0 Å². The Bertz CT molecular complexity index is 417. The van der Waals surface area contributed by atoms with E-state index >= 15 is 0 Å². The van der Waals surface area contributed by atoms with Crippen LogP contribution >= 0.6 is 0 Å². The lowest BCUT2D eigenvalue weighted by Gasteiger charge is -2.34. The molecule has 19 heavy (non-hydrogen) atoms. The highest BCUT2D eigenvalue weighted by Gasteiger charge is 2.23. The Morgan fingerprint density at radius 1 is 1.42 bits per heavy atom. The van der Waals surface area contributed by atoms with Gasteiger partial charge in [0.05, 0.1) is 0 Å². The maximum absolute atomic E-state index is 4.58. The summed E-state index contributed by atoms with van der Waals surface area (Å²) in [5.74, 6) is 3.32. The molecule has 0 radical (unpaired) electrons. The van der Waals surface area contributed by atoms with Gasteiger partial charge in [-0.1, -0.05) is 20.8 Å². The molecule has 4 heteroatoms. The van der Waals surface area contributed by atoms with Gasteiger partial charge in [0.1, 0.15) is 18.0 Å². The highest BCUT2D eigenvalue weighted by molar-refractivity contribution is 5.60. The quantitative estimate of drug-likeness (QED) is 0.904. The second-order valence-electron chi connectivity index (χ2n) is 5.84. The fraction of sp³-hybridized carbons (Fsp3) is 0.733. The molecule has 0 aromatic carbocycles. The summed E-state index contributed by atoms with van der Waals surface area (Å²) in [5.41, 5.74) is 1.26. The van der Waals surface area contributed by atoms with Gasteiger partial charge in [-0.2, -0.15) is 0 Å². The van der Waals surface area contributed by atoms with Crippen LogP contribution in [0.4, 0.5) is 11.6 Å². The van der Waals surface area contributed by atoms with Gasteiger partial charge in [0.2, 0.25) is 0 Å². The van der Waals surface area contributed by atoms with E-state index in [0.717, 1.165) is 37.2 Å². The normalized spacial score (nSPS) is 19.8. The molecule has 0 aliphatic carbocycles. The van der Waals surface area contributed by atoms with Crippen LogP contribution in [-0.2, 0) is 0 Å². The molecule has 0 saturated carbocycles. The molecule has 0 spiro atoms. The first-order valence-electron chi connectivity index (χ1n) is 7.47. The van der Waals surface area contributed by atoms with Crippen molar-refractivity contribution in [2.45, 2.75) is 46.5 Å². The summed E-state index contributed by atoms with van der Waals surface area (Å²) in [6, 6.07) is 0. The van der Waals surface area contributed by atoms with Crippen molar-refractivity contribution in [3.05, 3.63) is 11.9 Å². The zero-order valence-electron chi connectivity index (χ0n) is 12.6. The third-order valence-electron chi connectivity index (χ3n) is 3.74. The Morgan fingerprint density at radius 2 is 2.21 bits per heavy atom. The van der Waals surface area contributed by atoms with Crippen molar-refractivity contribution < 1.29 is 0 Å². The minimum absolute atomic E-state index is 0.433. The fourth-order valence-electron chi connectivity index (χ4n) is 2.86. The topological polar surface area (TPSA) is 41.1 Å². The smallest absolute Gasteiger partial charge is 0.137 e. The maximum Gasteiger partial charge on any atom is 0.137 e. The van der Waals surface area contributed by atoms with Gasteiger partial charge in [0, 0.05) is 25.2 Å². The molecular weight excluding hydrogens is 236 g/mol. The van der Waals surface area contributed by atoms with Crippen LogP contribution in [0, 0.1) is 5.92 Å². The molecule has 1 unspecified atom stereocenters. The van der Waals surface area contributed by atoms with Crippen molar-refractivity contribution >= 4 is 11.6 Å². The first-order chi connectivity index (χ1) is 9.13. The van der Waals surface area contributed by atoms with E-state index < -0.39 is 0 Å². The fourth-order valence-corrected chi connectivity index (χ4v) is 2.86. The van der Waals surface area contributed by atoms with Crippen molar-refractivity contribution in [1.29, 1.82) is 0 Å². The number of nitrogens with one attached hydrogen (secondary N) is 1. The van der Waals surface area contributed by atoms with E-state index in [1.165, 1.54) is 18.4 Å². The number of rotatable bonds is 4. The average Bonchev–Trinajstić information content (AvgIpc) is 2.38. The third-order valence-corrected chi connectivity index (χ3v) is 3.74. The zero-order chi connectivity index (χ0) is 13.8. The minimum atomic E-state index is 0.433. The summed E-state index contributed by atoms with van der Waals surface area (Å²) in [7, 11) is 0. The van der Waals surface area contributed by atoms with Gasteiger partial charge in [-0.05, 0) is 31.6 Å². The molecule has 1 fully saturated rings. The molecule has 0 bridgehead atoms. The van der Waals surface area contributed by atoms with Crippen LogP contribution < -0.4 is 10.2 Å². The van der Waals surface area contributed by atoms with Gasteiger partial charge in [-0.15, -0.1) is 0 Å². The second kappa shape index (κ2) is 6.22. The van der Waals surface area contributed by atoms with Gasteiger partial charge in [0.25, 0.3) is 0 Å². The Hall–Kier alpha value is -1.32. The van der Waals surface area contributed by atoms with E-state index in [-0.39, 0.29) is 0 Å². The summed E-state index contributed by atoms with van der Waals surface area (Å²) in [6.45, 7) is 12.0. The van der Waals surface area contributed by atoms with Crippen LogP contribution in [0.25, 0.3) is 0 Å². The van der Waals surface area contributed by atoms with Crippen molar-refractivity contribution in [1.82, 2.24) is 9.97 Å². The molecule has 4 nitrogen and oxygen atoms in total. The monoisotopic (exact) mass is 262 g/mol. The molecule has 1 aliphatic heterocycles. The van der Waals surface area contributed by atoms with Crippen molar-refractivity contribution in [2.75, 3.05) is 29.9 Å². The summed E-state index contributed by atoms with van der Waals surface area (Å²) < 4.78 is 0. The van der Waals surface area contributed by atoms with Crippen LogP contribution in [0.2, 0.25) is 0 Å². The van der Waals surface area contributed by atoms with E-state index in [4.69, 9.17) is 0 Å². The van der Waals surface area contributed by atoms with Crippen LogP contribution in [0.3, 0.4) is 0 Å². The number of anilines is 2. The molecule has 1 N–H and O–H groups in total. The molecule has 1 saturated heterocycles. The SMILES string of the molecule is CCNc1ncnc(N2CCCC(C)C2)c1C(C)C. The highest BCUT2D eigenvalue weighted by atomic mass is 15.2. The van der Waals surface area contributed by atoms with E-state index in [1.807, 2.05) is 0 Å². The van der Waals surface area contributed by atoms with Crippen molar-refractivity contribution in [3.63, 3.8) is 0 Å². The van der Waals surface area contributed by atoms with Gasteiger partial charge in [-0.3, -0.25) is 0 Å². The summed E-state index contributed by atoms with van der Waals surface area (Å²) in [6.07, 6.45) is 4.29. The lowest BCUT2D eigenvalue weighted by atomic mass is 9.98. The Labute approximate surface area is 116 Å². The van der Waals surface area contributed by atoms with E-state index in [1.54, 1.807) is 6.33 Å². The Kier molecular flexibility index (Phi) is 4.61. The van der Waals surface area contributed by atoms with Crippen molar-refractivity contribution in [2.24, 2.45) is 5.92 Å². The average molecular weight is 262 g/mol. The second-order valence-corrected chi connectivity index (χ2v) is 5.84. The largest absolute Gasteiger partial charge is 0.370 e. The predicted octanol–water partition coefficient (Wildman–Crippen LogP) is 3.27.